The predicted molar refractivity (Wildman–Crippen MR) is 77.3 cm³/mol. The van der Waals surface area contributed by atoms with E-state index < -0.39 is 10.0 Å². The van der Waals surface area contributed by atoms with Gasteiger partial charge in [0.1, 0.15) is 4.90 Å². The number of hydrogen-bond donors (Lipinski definition) is 2. The average molecular weight is 356 g/mol. The first-order chi connectivity index (χ1) is 8.44. The van der Waals surface area contributed by atoms with Gasteiger partial charge in [-0.3, -0.25) is 0 Å². The van der Waals surface area contributed by atoms with Gasteiger partial charge in [0.05, 0.1) is 10.4 Å². The van der Waals surface area contributed by atoms with Crippen molar-refractivity contribution in [3.05, 3.63) is 14.7 Å². The number of aliphatic hydroxyl groups is 1. The summed E-state index contributed by atoms with van der Waals surface area (Å²) < 4.78 is 27.7. The molecule has 104 valence electrons. The fourth-order valence-electron chi connectivity index (χ4n) is 1.64. The minimum absolute atomic E-state index is 0.0376. The maximum atomic E-state index is 12.2. The molecule has 18 heavy (non-hydrogen) atoms. The van der Waals surface area contributed by atoms with E-state index in [1.807, 2.05) is 13.8 Å². The van der Waals surface area contributed by atoms with Crippen molar-refractivity contribution in [3.63, 3.8) is 0 Å². The Morgan fingerprint density at radius 3 is 2.61 bits per heavy atom. The molecule has 0 radical (unpaired) electrons. The molecule has 1 atom stereocenters. The molecule has 0 aliphatic rings. The summed E-state index contributed by atoms with van der Waals surface area (Å²) in [6, 6.07) is 1.47. The van der Waals surface area contributed by atoms with E-state index in [1.54, 1.807) is 0 Å². The van der Waals surface area contributed by atoms with Crippen LogP contribution in [-0.2, 0) is 16.6 Å². The van der Waals surface area contributed by atoms with Crippen LogP contribution in [0, 0.1) is 0 Å². The van der Waals surface area contributed by atoms with Crippen molar-refractivity contribution in [3.8, 4) is 0 Å². The largest absolute Gasteiger partial charge is 0.391 e. The van der Waals surface area contributed by atoms with E-state index in [2.05, 4.69) is 20.7 Å². The molecule has 1 aromatic heterocycles. The quantitative estimate of drug-likeness (QED) is 0.790. The number of rotatable bonds is 7. The summed E-state index contributed by atoms with van der Waals surface area (Å²) in [6.07, 6.45) is 2.53. The van der Waals surface area contributed by atoms with Crippen molar-refractivity contribution in [1.29, 1.82) is 0 Å². The highest BCUT2D eigenvalue weighted by Crippen LogP contribution is 2.31. The Bertz CT molecular complexity index is 484. The van der Waals surface area contributed by atoms with E-state index in [9.17, 15) is 8.42 Å². The molecule has 1 rings (SSSR count). The zero-order chi connectivity index (χ0) is 13.8. The lowest BCUT2D eigenvalue weighted by molar-refractivity contribution is 0.285. The molecule has 0 aromatic carbocycles. The second-order valence-corrected chi connectivity index (χ2v) is 8.16. The molecule has 0 aliphatic heterocycles. The van der Waals surface area contributed by atoms with Gasteiger partial charge in [0.15, 0.2) is 0 Å². The molecule has 7 heteroatoms. The number of thiophene rings is 1. The maximum absolute atomic E-state index is 12.2. The van der Waals surface area contributed by atoms with Crippen molar-refractivity contribution < 1.29 is 13.5 Å². The smallest absolute Gasteiger partial charge is 0.242 e. The number of nitrogens with one attached hydrogen (secondary N) is 1. The van der Waals surface area contributed by atoms with Crippen molar-refractivity contribution in [2.75, 3.05) is 0 Å². The van der Waals surface area contributed by atoms with Crippen molar-refractivity contribution in [2.24, 2.45) is 0 Å². The third-order valence-electron chi connectivity index (χ3n) is 2.60. The summed E-state index contributed by atoms with van der Waals surface area (Å²) >= 11 is 4.47. The first-order valence-corrected chi connectivity index (χ1v) is 8.95. The second kappa shape index (κ2) is 7.00. The highest BCUT2D eigenvalue weighted by molar-refractivity contribution is 9.11. The molecule has 0 spiro atoms. The normalized spacial score (nSPS) is 13.8. The van der Waals surface area contributed by atoms with E-state index in [-0.39, 0.29) is 17.5 Å². The minimum atomic E-state index is -3.51. The topological polar surface area (TPSA) is 66.4 Å². The lowest BCUT2D eigenvalue weighted by Gasteiger charge is -2.15. The Hall–Kier alpha value is 0.0500. The molecule has 2 N–H and O–H groups in total. The predicted octanol–water partition coefficient (Wildman–Crippen LogP) is 2.86. The lowest BCUT2D eigenvalue weighted by atomic mass is 10.1. The van der Waals surface area contributed by atoms with Crippen LogP contribution in [0.25, 0.3) is 0 Å². The van der Waals surface area contributed by atoms with Crippen LogP contribution < -0.4 is 4.72 Å². The van der Waals surface area contributed by atoms with Crippen LogP contribution >= 0.6 is 27.3 Å². The Morgan fingerprint density at radius 1 is 1.50 bits per heavy atom. The third-order valence-corrected chi connectivity index (χ3v) is 6.36. The van der Waals surface area contributed by atoms with Gasteiger partial charge in [0.2, 0.25) is 10.0 Å². The van der Waals surface area contributed by atoms with E-state index in [1.165, 1.54) is 17.4 Å². The van der Waals surface area contributed by atoms with Gasteiger partial charge < -0.3 is 5.11 Å². The van der Waals surface area contributed by atoms with E-state index in [4.69, 9.17) is 5.11 Å². The molecule has 1 unspecified atom stereocenters. The van der Waals surface area contributed by atoms with Crippen LogP contribution in [0.2, 0.25) is 0 Å². The van der Waals surface area contributed by atoms with Crippen LogP contribution in [0.1, 0.15) is 38.0 Å². The molecule has 1 heterocycles. The van der Waals surface area contributed by atoms with Gasteiger partial charge in [-0.25, -0.2) is 13.1 Å². The van der Waals surface area contributed by atoms with Crippen LogP contribution in [0.4, 0.5) is 0 Å². The SMILES string of the molecule is CCCC(CC)NS(=O)(=O)c1cc(CO)sc1Br. The van der Waals surface area contributed by atoms with Gasteiger partial charge >= 0.3 is 0 Å². The molecular formula is C11H18BrNO3S2. The number of aliphatic hydroxyl groups excluding tert-OH is 1. The van der Waals surface area contributed by atoms with Crippen molar-refractivity contribution in [1.82, 2.24) is 4.72 Å². The Balaban J connectivity index is 2.94. The highest BCUT2D eigenvalue weighted by atomic mass is 79.9. The number of hydrogen-bond acceptors (Lipinski definition) is 4. The number of sulfonamides is 1. The lowest BCUT2D eigenvalue weighted by Crippen LogP contribution is -2.34. The van der Waals surface area contributed by atoms with Crippen LogP contribution in [0.5, 0.6) is 0 Å². The summed E-state index contributed by atoms with van der Waals surface area (Å²) in [5, 5.41) is 9.03. The standard InChI is InChI=1S/C11H18BrNO3S2/c1-3-5-8(4-2)13-18(15,16)10-6-9(7-14)17-11(10)12/h6,8,13-14H,3-5,7H2,1-2H3. The maximum Gasteiger partial charge on any atom is 0.242 e. The fourth-order valence-corrected chi connectivity index (χ4v) is 5.53. The van der Waals surface area contributed by atoms with Gasteiger partial charge in [-0.05, 0) is 34.8 Å². The van der Waals surface area contributed by atoms with Crippen LogP contribution in [-0.4, -0.2) is 19.6 Å². The monoisotopic (exact) mass is 355 g/mol. The molecule has 0 saturated carbocycles. The zero-order valence-corrected chi connectivity index (χ0v) is 13.7. The van der Waals surface area contributed by atoms with Crippen molar-refractivity contribution in [2.45, 2.75) is 50.7 Å². The average Bonchev–Trinajstić information content (AvgIpc) is 2.70. The summed E-state index contributed by atoms with van der Waals surface area (Å²) in [5.74, 6) is 0. The highest BCUT2D eigenvalue weighted by Gasteiger charge is 2.23. The molecular weight excluding hydrogens is 338 g/mol. The van der Waals surface area contributed by atoms with E-state index in [0.29, 0.717) is 8.66 Å². The minimum Gasteiger partial charge on any atom is -0.391 e. The molecule has 0 amide bonds. The second-order valence-electron chi connectivity index (χ2n) is 4.02. The molecule has 1 aromatic rings. The van der Waals surface area contributed by atoms with Gasteiger partial charge in [0.25, 0.3) is 0 Å². The van der Waals surface area contributed by atoms with Gasteiger partial charge in [0, 0.05) is 10.9 Å². The first kappa shape index (κ1) is 16.1. The third kappa shape index (κ3) is 4.03. The number of halogens is 1. The summed E-state index contributed by atoms with van der Waals surface area (Å²) in [4.78, 5) is 0.844. The summed E-state index contributed by atoms with van der Waals surface area (Å²) in [7, 11) is -3.51. The van der Waals surface area contributed by atoms with E-state index >= 15 is 0 Å². The van der Waals surface area contributed by atoms with Gasteiger partial charge in [-0.1, -0.05) is 20.3 Å². The Labute approximate surface area is 121 Å². The molecule has 0 fully saturated rings. The summed E-state index contributed by atoms with van der Waals surface area (Å²) in [5.41, 5.74) is 0. The van der Waals surface area contributed by atoms with Gasteiger partial charge in [-0.2, -0.15) is 0 Å². The summed E-state index contributed by atoms with van der Waals surface area (Å²) in [6.45, 7) is 3.84. The fraction of sp³-hybridized carbons (Fsp3) is 0.636. The molecule has 0 bridgehead atoms. The van der Waals surface area contributed by atoms with Crippen LogP contribution in [0.3, 0.4) is 0 Å². The first-order valence-electron chi connectivity index (χ1n) is 5.86. The van der Waals surface area contributed by atoms with E-state index in [0.717, 1.165) is 19.3 Å². The zero-order valence-electron chi connectivity index (χ0n) is 10.4. The molecule has 0 aliphatic carbocycles. The van der Waals surface area contributed by atoms with Crippen molar-refractivity contribution >= 4 is 37.3 Å². The molecule has 4 nitrogen and oxygen atoms in total. The van der Waals surface area contributed by atoms with Crippen LogP contribution in [0.15, 0.2) is 14.7 Å². The van der Waals surface area contributed by atoms with Gasteiger partial charge in [-0.15, -0.1) is 11.3 Å². The Morgan fingerprint density at radius 2 is 2.17 bits per heavy atom. The molecule has 0 saturated heterocycles. The Kier molecular flexibility index (Phi) is 6.26.